The number of benzene rings is 2. The number of rotatable bonds is 12. The fourth-order valence-corrected chi connectivity index (χ4v) is 7.31. The molecule has 5 aromatic rings. The second kappa shape index (κ2) is 13.5. The lowest BCUT2D eigenvalue weighted by atomic mass is 10.2. The van der Waals surface area contributed by atoms with Gasteiger partial charge in [-0.05, 0) is 90.5 Å². The van der Waals surface area contributed by atoms with Gasteiger partial charge in [-0.15, -0.1) is 5.10 Å². The number of aromatic nitrogens is 3. The molecule has 3 aromatic heterocycles. The normalized spacial score (nSPS) is 16.2. The van der Waals surface area contributed by atoms with Crippen molar-refractivity contribution in [3.05, 3.63) is 75.5 Å². The zero-order chi connectivity index (χ0) is 30.9. The molecule has 45 heavy (non-hydrogen) atoms. The smallest absolute Gasteiger partial charge is 0.163 e. The SMILES string of the molecule is CN1CCN(Cc2ccc(CSCCCOc3cc4c5c(Nc6ccc(F)c(Cl)c6)nncc5n(C5CC5)c4cc3Br)o2)CC1. The first-order valence-electron chi connectivity index (χ1n) is 15.3. The van der Waals surface area contributed by atoms with E-state index in [1.807, 2.05) is 18.0 Å². The number of ether oxygens (including phenoxy) is 1. The number of hydrogen-bond acceptors (Lipinski definition) is 8. The summed E-state index contributed by atoms with van der Waals surface area (Å²) in [5.41, 5.74) is 2.74. The van der Waals surface area contributed by atoms with Crippen LogP contribution in [0, 0.1) is 5.82 Å². The Morgan fingerprint density at radius 2 is 1.91 bits per heavy atom. The van der Waals surface area contributed by atoms with E-state index < -0.39 is 5.82 Å². The third-order valence-electron chi connectivity index (χ3n) is 8.39. The summed E-state index contributed by atoms with van der Waals surface area (Å²) < 4.78 is 29.5. The highest BCUT2D eigenvalue weighted by molar-refractivity contribution is 9.10. The summed E-state index contributed by atoms with van der Waals surface area (Å²) >= 11 is 11.7. The van der Waals surface area contributed by atoms with Gasteiger partial charge in [-0.25, -0.2) is 4.39 Å². The van der Waals surface area contributed by atoms with Crippen LogP contribution in [-0.4, -0.2) is 70.2 Å². The Bertz CT molecular complexity index is 1820. The number of nitrogens with zero attached hydrogens (tertiary/aromatic N) is 5. The molecule has 1 aliphatic carbocycles. The molecule has 2 fully saturated rings. The summed E-state index contributed by atoms with van der Waals surface area (Å²) in [6.07, 6.45) is 4.98. The Labute approximate surface area is 279 Å². The van der Waals surface area contributed by atoms with Crippen LogP contribution < -0.4 is 10.1 Å². The Balaban J connectivity index is 1.00. The summed E-state index contributed by atoms with van der Waals surface area (Å²) in [7, 11) is 2.18. The predicted octanol–water partition coefficient (Wildman–Crippen LogP) is 8.26. The van der Waals surface area contributed by atoms with E-state index in [-0.39, 0.29) is 5.02 Å². The van der Waals surface area contributed by atoms with Gasteiger partial charge in [0.25, 0.3) is 0 Å². The maximum absolute atomic E-state index is 13.8. The van der Waals surface area contributed by atoms with E-state index in [0.717, 1.165) is 107 Å². The lowest BCUT2D eigenvalue weighted by Crippen LogP contribution is -2.43. The molecule has 0 radical (unpaired) electrons. The highest BCUT2D eigenvalue weighted by Crippen LogP contribution is 2.46. The molecule has 4 heterocycles. The lowest BCUT2D eigenvalue weighted by Gasteiger charge is -2.31. The Kier molecular flexibility index (Phi) is 9.24. The minimum atomic E-state index is -0.464. The van der Waals surface area contributed by atoms with Gasteiger partial charge in [0.1, 0.15) is 23.1 Å². The number of anilines is 2. The minimum absolute atomic E-state index is 0.0495. The highest BCUT2D eigenvalue weighted by atomic mass is 79.9. The summed E-state index contributed by atoms with van der Waals surface area (Å²) in [6, 6.07) is 13.4. The molecule has 8 nitrogen and oxygen atoms in total. The van der Waals surface area contributed by atoms with Gasteiger partial charge < -0.3 is 23.9 Å². The van der Waals surface area contributed by atoms with E-state index in [9.17, 15) is 4.39 Å². The van der Waals surface area contributed by atoms with E-state index >= 15 is 0 Å². The van der Waals surface area contributed by atoms with Crippen LogP contribution >= 0.6 is 39.3 Å². The largest absolute Gasteiger partial charge is 0.492 e. The van der Waals surface area contributed by atoms with Gasteiger partial charge in [-0.1, -0.05) is 11.6 Å². The molecular weight excluding hydrogens is 679 g/mol. The van der Waals surface area contributed by atoms with Crippen LogP contribution in [0.1, 0.15) is 36.8 Å². The first-order chi connectivity index (χ1) is 21.9. The fraction of sp³-hybridized carbons (Fsp3) is 0.394. The number of fused-ring (bicyclic) bond motifs is 3. The van der Waals surface area contributed by atoms with Crippen molar-refractivity contribution in [2.45, 2.75) is 37.6 Å². The summed E-state index contributed by atoms with van der Waals surface area (Å²) in [6.45, 7) is 5.88. The van der Waals surface area contributed by atoms with Gasteiger partial charge in [-0.3, -0.25) is 4.90 Å². The average molecular weight is 714 g/mol. The van der Waals surface area contributed by atoms with Gasteiger partial charge in [0.05, 0.1) is 51.0 Å². The molecule has 0 spiro atoms. The Morgan fingerprint density at radius 1 is 1.09 bits per heavy atom. The molecular formula is C33H35BrClFN6O2S. The fourth-order valence-electron chi connectivity index (χ4n) is 5.86. The highest BCUT2D eigenvalue weighted by Gasteiger charge is 2.29. The van der Waals surface area contributed by atoms with Crippen LogP contribution in [0.15, 0.2) is 57.6 Å². The van der Waals surface area contributed by atoms with Crippen LogP contribution in [0.2, 0.25) is 5.02 Å². The zero-order valence-electron chi connectivity index (χ0n) is 25.1. The topological polar surface area (TPSA) is 71.6 Å². The van der Waals surface area contributed by atoms with Crippen molar-refractivity contribution in [1.29, 1.82) is 0 Å². The van der Waals surface area contributed by atoms with Crippen LogP contribution in [-0.2, 0) is 12.3 Å². The maximum atomic E-state index is 13.8. The number of halogens is 3. The minimum Gasteiger partial charge on any atom is -0.492 e. The maximum Gasteiger partial charge on any atom is 0.163 e. The van der Waals surface area contributed by atoms with Gasteiger partial charge in [0.15, 0.2) is 5.82 Å². The molecule has 0 bridgehead atoms. The van der Waals surface area contributed by atoms with Crippen molar-refractivity contribution in [1.82, 2.24) is 24.6 Å². The molecule has 2 aliphatic rings. The summed E-state index contributed by atoms with van der Waals surface area (Å²) in [5, 5.41) is 14.1. The monoisotopic (exact) mass is 712 g/mol. The molecule has 0 atom stereocenters. The van der Waals surface area contributed by atoms with Crippen molar-refractivity contribution in [2.24, 2.45) is 0 Å². The molecule has 12 heteroatoms. The number of likely N-dealkylation sites (N-methyl/N-ethyl adjacent to an activating group) is 1. The number of thioether (sulfide) groups is 1. The van der Waals surface area contributed by atoms with E-state index in [2.05, 4.69) is 77.1 Å². The average Bonchev–Trinajstić information content (AvgIpc) is 3.68. The number of furan rings is 1. The van der Waals surface area contributed by atoms with E-state index in [4.69, 9.17) is 20.8 Å². The molecule has 1 aliphatic heterocycles. The summed E-state index contributed by atoms with van der Waals surface area (Å²) in [4.78, 5) is 4.82. The zero-order valence-corrected chi connectivity index (χ0v) is 28.2. The lowest BCUT2D eigenvalue weighted by molar-refractivity contribution is 0.140. The van der Waals surface area contributed by atoms with Crippen LogP contribution in [0.5, 0.6) is 5.75 Å². The van der Waals surface area contributed by atoms with E-state index in [1.54, 1.807) is 12.1 Å². The molecule has 0 unspecified atom stereocenters. The molecule has 1 N–H and O–H groups in total. The summed E-state index contributed by atoms with van der Waals surface area (Å²) in [5.74, 6) is 4.82. The van der Waals surface area contributed by atoms with E-state index in [0.29, 0.717) is 24.2 Å². The Hall–Kier alpha value is -2.83. The second-order valence-electron chi connectivity index (χ2n) is 11.8. The van der Waals surface area contributed by atoms with Crippen LogP contribution in [0.4, 0.5) is 15.9 Å². The van der Waals surface area contributed by atoms with Gasteiger partial charge in [-0.2, -0.15) is 16.9 Å². The van der Waals surface area contributed by atoms with Crippen molar-refractivity contribution in [3.63, 3.8) is 0 Å². The number of piperazine rings is 1. The molecule has 1 saturated carbocycles. The predicted molar refractivity (Wildman–Crippen MR) is 183 cm³/mol. The van der Waals surface area contributed by atoms with Gasteiger partial charge in [0, 0.05) is 43.3 Å². The van der Waals surface area contributed by atoms with E-state index in [1.165, 1.54) is 6.07 Å². The standard InChI is InChI=1S/C33H35BrClFN6O2S/c1-40-9-11-41(12-10-40)19-23-6-7-24(44-23)20-45-14-2-13-43-31-16-25-29(17-26(31)34)42(22-4-5-22)30-18-37-39-33(32(25)30)38-21-3-8-28(36)27(35)15-21/h3,6-8,15-18,22H,2,4-5,9-14,19-20H2,1H3,(H,38,39). The first kappa shape index (κ1) is 30.8. The third kappa shape index (κ3) is 6.97. The third-order valence-corrected chi connectivity index (χ3v) is 10.4. The molecule has 7 rings (SSSR count). The van der Waals surface area contributed by atoms with Crippen molar-refractivity contribution in [2.75, 3.05) is 50.9 Å². The van der Waals surface area contributed by atoms with Crippen LogP contribution in [0.3, 0.4) is 0 Å². The van der Waals surface area contributed by atoms with Crippen molar-refractivity contribution < 1.29 is 13.5 Å². The van der Waals surface area contributed by atoms with Gasteiger partial charge in [0.2, 0.25) is 0 Å². The quantitative estimate of drug-likeness (QED) is 0.130. The van der Waals surface area contributed by atoms with Crippen LogP contribution in [0.25, 0.3) is 21.8 Å². The first-order valence-corrected chi connectivity index (χ1v) is 17.7. The molecule has 1 saturated heterocycles. The van der Waals surface area contributed by atoms with Crippen molar-refractivity contribution >= 4 is 72.6 Å². The molecule has 236 valence electrons. The van der Waals surface area contributed by atoms with Gasteiger partial charge >= 0.3 is 0 Å². The second-order valence-corrected chi connectivity index (χ2v) is 14.2. The number of hydrogen-bond donors (Lipinski definition) is 1. The molecule has 0 amide bonds. The van der Waals surface area contributed by atoms with Crippen molar-refractivity contribution in [3.8, 4) is 5.75 Å². The molecule has 2 aromatic carbocycles. The number of nitrogens with one attached hydrogen (secondary N) is 1. The Morgan fingerprint density at radius 3 is 2.71 bits per heavy atom.